The predicted molar refractivity (Wildman–Crippen MR) is 102 cm³/mol. The van der Waals surface area contributed by atoms with Gasteiger partial charge < -0.3 is 0 Å². The van der Waals surface area contributed by atoms with Gasteiger partial charge in [-0.05, 0) is 11.6 Å². The van der Waals surface area contributed by atoms with Crippen molar-refractivity contribution in [2.45, 2.75) is 11.4 Å². The molecule has 0 spiro atoms. The van der Waals surface area contributed by atoms with Crippen molar-refractivity contribution in [2.24, 2.45) is 4.99 Å². The number of hydrogen-bond acceptors (Lipinski definition) is 4. The SMILES string of the molecule is O=c1[nH]c(=O)n2n1C1SC(c3ccccc3)=NC1=CC2c1ccccc1. The number of aromatic nitrogens is 3. The minimum absolute atomic E-state index is 0.336. The molecule has 128 valence electrons. The third kappa shape index (κ3) is 2.24. The summed E-state index contributed by atoms with van der Waals surface area (Å²) < 4.78 is 2.97. The summed E-state index contributed by atoms with van der Waals surface area (Å²) in [7, 11) is 0. The molecule has 0 aliphatic carbocycles. The van der Waals surface area contributed by atoms with Crippen LogP contribution in [0.5, 0.6) is 0 Å². The maximum absolute atomic E-state index is 12.4. The maximum atomic E-state index is 12.4. The molecule has 1 aromatic heterocycles. The van der Waals surface area contributed by atoms with Crippen LogP contribution in [0.15, 0.2) is 87.0 Å². The molecule has 7 heteroatoms. The summed E-state index contributed by atoms with van der Waals surface area (Å²) in [6.45, 7) is 0. The van der Waals surface area contributed by atoms with Gasteiger partial charge in [0.1, 0.15) is 16.5 Å². The van der Waals surface area contributed by atoms with E-state index in [4.69, 9.17) is 4.99 Å². The molecular formula is C19H14N4O2S. The number of aromatic amines is 1. The second kappa shape index (κ2) is 5.74. The Morgan fingerprint density at radius 2 is 1.54 bits per heavy atom. The van der Waals surface area contributed by atoms with Crippen LogP contribution in [0.2, 0.25) is 0 Å². The fourth-order valence-electron chi connectivity index (χ4n) is 3.37. The first-order valence-electron chi connectivity index (χ1n) is 8.23. The minimum atomic E-state index is -0.413. The number of allylic oxidation sites excluding steroid dienone is 1. The van der Waals surface area contributed by atoms with E-state index in [-0.39, 0.29) is 11.4 Å². The number of aliphatic imine (C=N–C) groups is 1. The molecule has 0 saturated heterocycles. The smallest absolute Gasteiger partial charge is 0.256 e. The molecule has 2 atom stereocenters. The van der Waals surface area contributed by atoms with Crippen LogP contribution in [0.25, 0.3) is 0 Å². The second-order valence-corrected chi connectivity index (χ2v) is 7.19. The maximum Gasteiger partial charge on any atom is 0.345 e. The van der Waals surface area contributed by atoms with Crippen molar-refractivity contribution >= 4 is 16.8 Å². The highest BCUT2D eigenvalue weighted by molar-refractivity contribution is 8.14. The average Bonchev–Trinajstić information content (AvgIpc) is 3.23. The Morgan fingerprint density at radius 1 is 0.885 bits per heavy atom. The van der Waals surface area contributed by atoms with Gasteiger partial charge in [-0.15, -0.1) is 0 Å². The Bertz CT molecular complexity index is 1160. The standard InChI is InChI=1S/C19H14N4O2S/c24-18-21-19(25)23-17-14(20-16(26-17)13-9-5-2-6-10-13)11-15(22(18)23)12-7-3-1-4-8-12/h1-11,15,17H,(H,21,24,25). The normalized spacial score (nSPS) is 20.9. The first-order valence-corrected chi connectivity index (χ1v) is 9.11. The van der Waals surface area contributed by atoms with E-state index in [1.54, 1.807) is 0 Å². The molecule has 2 aliphatic rings. The highest BCUT2D eigenvalue weighted by Crippen LogP contribution is 2.44. The van der Waals surface area contributed by atoms with Gasteiger partial charge >= 0.3 is 11.4 Å². The van der Waals surface area contributed by atoms with Gasteiger partial charge in [-0.2, -0.15) is 0 Å². The summed E-state index contributed by atoms with van der Waals surface area (Å²) in [5, 5.41) is 0.513. The zero-order chi connectivity index (χ0) is 17.7. The summed E-state index contributed by atoms with van der Waals surface area (Å²) >= 11 is 1.48. The second-order valence-electron chi connectivity index (χ2n) is 6.12. The van der Waals surface area contributed by atoms with Crippen molar-refractivity contribution in [3.63, 3.8) is 0 Å². The summed E-state index contributed by atoms with van der Waals surface area (Å²) in [4.78, 5) is 32.0. The lowest BCUT2D eigenvalue weighted by Gasteiger charge is -2.26. The van der Waals surface area contributed by atoms with Crippen molar-refractivity contribution in [3.8, 4) is 0 Å². The molecule has 0 saturated carbocycles. The Hall–Kier alpha value is -3.06. The molecule has 26 heavy (non-hydrogen) atoms. The molecule has 2 unspecified atom stereocenters. The molecule has 0 amide bonds. The van der Waals surface area contributed by atoms with Crippen molar-refractivity contribution in [3.05, 3.63) is 105 Å². The first-order chi connectivity index (χ1) is 12.7. The van der Waals surface area contributed by atoms with Gasteiger partial charge in [-0.3, -0.25) is 4.98 Å². The Balaban J connectivity index is 1.69. The molecule has 6 nitrogen and oxygen atoms in total. The van der Waals surface area contributed by atoms with E-state index in [2.05, 4.69) is 4.98 Å². The number of rotatable bonds is 2. The monoisotopic (exact) mass is 362 g/mol. The fourth-order valence-corrected chi connectivity index (χ4v) is 4.57. The number of H-pyrrole nitrogens is 1. The minimum Gasteiger partial charge on any atom is -0.256 e. The van der Waals surface area contributed by atoms with Crippen LogP contribution >= 0.6 is 11.8 Å². The molecule has 2 aliphatic heterocycles. The van der Waals surface area contributed by atoms with E-state index < -0.39 is 11.4 Å². The molecule has 2 aromatic carbocycles. The van der Waals surface area contributed by atoms with Crippen molar-refractivity contribution in [1.29, 1.82) is 0 Å². The van der Waals surface area contributed by atoms with Crippen molar-refractivity contribution in [2.75, 3.05) is 0 Å². The largest absolute Gasteiger partial charge is 0.345 e. The lowest BCUT2D eigenvalue weighted by Crippen LogP contribution is -2.35. The summed E-state index contributed by atoms with van der Waals surface area (Å²) in [6, 6.07) is 19.1. The van der Waals surface area contributed by atoms with E-state index in [1.165, 1.54) is 21.1 Å². The van der Waals surface area contributed by atoms with E-state index in [0.29, 0.717) is 0 Å². The van der Waals surface area contributed by atoms with Crippen molar-refractivity contribution in [1.82, 2.24) is 14.3 Å². The first kappa shape index (κ1) is 15.2. The molecule has 3 aromatic rings. The van der Waals surface area contributed by atoms with Crippen LogP contribution in [0.1, 0.15) is 22.5 Å². The summed E-state index contributed by atoms with van der Waals surface area (Å²) in [6.07, 6.45) is 1.97. The van der Waals surface area contributed by atoms with Crippen LogP contribution in [0, 0.1) is 0 Å². The van der Waals surface area contributed by atoms with Gasteiger partial charge in [0.25, 0.3) is 0 Å². The number of fused-ring (bicyclic) bond motifs is 3. The number of nitrogens with one attached hydrogen (secondary N) is 1. The molecule has 0 bridgehead atoms. The van der Waals surface area contributed by atoms with Crippen LogP contribution in [-0.2, 0) is 0 Å². The molecular weight excluding hydrogens is 348 g/mol. The third-order valence-electron chi connectivity index (χ3n) is 4.55. The fraction of sp³-hybridized carbons (Fsp3) is 0.105. The number of benzene rings is 2. The predicted octanol–water partition coefficient (Wildman–Crippen LogP) is 2.52. The van der Waals surface area contributed by atoms with E-state index in [1.807, 2.05) is 66.7 Å². The Morgan fingerprint density at radius 3 is 2.27 bits per heavy atom. The van der Waals surface area contributed by atoms with Crippen LogP contribution < -0.4 is 11.4 Å². The number of hydrogen-bond donors (Lipinski definition) is 1. The van der Waals surface area contributed by atoms with Crippen LogP contribution in [-0.4, -0.2) is 19.4 Å². The van der Waals surface area contributed by atoms with Gasteiger partial charge in [0.15, 0.2) is 0 Å². The molecule has 5 rings (SSSR count). The average molecular weight is 362 g/mol. The summed E-state index contributed by atoms with van der Waals surface area (Å²) in [5.74, 6) is 0. The van der Waals surface area contributed by atoms with Gasteiger partial charge in [0.2, 0.25) is 0 Å². The van der Waals surface area contributed by atoms with Crippen molar-refractivity contribution < 1.29 is 0 Å². The summed E-state index contributed by atoms with van der Waals surface area (Å²) in [5.41, 5.74) is 1.91. The number of thioether (sulfide) groups is 1. The zero-order valence-electron chi connectivity index (χ0n) is 13.6. The van der Waals surface area contributed by atoms with Gasteiger partial charge in [0, 0.05) is 5.56 Å². The highest BCUT2D eigenvalue weighted by Gasteiger charge is 2.37. The van der Waals surface area contributed by atoms with Gasteiger partial charge in [0.05, 0.1) is 5.70 Å². The third-order valence-corrected chi connectivity index (χ3v) is 5.76. The molecule has 3 heterocycles. The lowest BCUT2D eigenvalue weighted by molar-refractivity contribution is 0.420. The Kier molecular flexibility index (Phi) is 3.36. The number of nitrogens with zero attached hydrogens (tertiary/aromatic N) is 3. The lowest BCUT2D eigenvalue weighted by atomic mass is 10.0. The van der Waals surface area contributed by atoms with Crippen LogP contribution in [0.3, 0.4) is 0 Å². The van der Waals surface area contributed by atoms with Crippen LogP contribution in [0.4, 0.5) is 0 Å². The topological polar surface area (TPSA) is 72.2 Å². The Labute approximate surface area is 152 Å². The van der Waals surface area contributed by atoms with Gasteiger partial charge in [-0.25, -0.2) is 23.9 Å². The zero-order valence-corrected chi connectivity index (χ0v) is 14.4. The molecule has 0 fully saturated rings. The van der Waals surface area contributed by atoms with E-state index in [0.717, 1.165) is 21.9 Å². The van der Waals surface area contributed by atoms with Gasteiger partial charge in [-0.1, -0.05) is 72.4 Å². The molecule has 1 N–H and O–H groups in total. The van der Waals surface area contributed by atoms with E-state index >= 15 is 0 Å². The quantitative estimate of drug-likeness (QED) is 0.761. The highest BCUT2D eigenvalue weighted by atomic mass is 32.2. The van der Waals surface area contributed by atoms with E-state index in [9.17, 15) is 9.59 Å². The molecule has 0 radical (unpaired) electrons.